The fraction of sp³-hybridized carbons (Fsp3) is 0.200. The highest BCUT2D eigenvalue weighted by Crippen LogP contribution is 2.27. The Morgan fingerprint density at radius 1 is 1.13 bits per heavy atom. The SMILES string of the molecule is COc1ccc2[nH]c(C)c(CCN(Cc3cccnc3)C(=S)Nc3ccccc3)c2c1. The normalized spacial score (nSPS) is 10.8. The topological polar surface area (TPSA) is 53.2 Å². The van der Waals surface area contributed by atoms with Crippen LogP contribution in [0.3, 0.4) is 0 Å². The van der Waals surface area contributed by atoms with Gasteiger partial charge in [-0.3, -0.25) is 4.98 Å². The number of aryl methyl sites for hydroxylation is 1. The number of para-hydroxylation sites is 1. The van der Waals surface area contributed by atoms with E-state index in [4.69, 9.17) is 17.0 Å². The van der Waals surface area contributed by atoms with E-state index in [2.05, 4.69) is 45.3 Å². The van der Waals surface area contributed by atoms with Gasteiger partial charge in [0.05, 0.1) is 7.11 Å². The number of nitrogens with zero attached hydrogens (tertiary/aromatic N) is 2. The quantitative estimate of drug-likeness (QED) is 0.389. The van der Waals surface area contributed by atoms with E-state index in [9.17, 15) is 0 Å². The van der Waals surface area contributed by atoms with Crippen molar-refractivity contribution in [1.82, 2.24) is 14.9 Å². The molecule has 0 atom stereocenters. The molecule has 2 heterocycles. The van der Waals surface area contributed by atoms with Gasteiger partial charge in [-0.05, 0) is 73.1 Å². The van der Waals surface area contributed by atoms with E-state index in [1.165, 1.54) is 16.6 Å². The maximum atomic E-state index is 5.79. The van der Waals surface area contributed by atoms with Crippen LogP contribution in [0.1, 0.15) is 16.8 Å². The second-order valence-corrected chi connectivity index (χ2v) is 7.86. The van der Waals surface area contributed by atoms with Crippen molar-refractivity contribution in [3.63, 3.8) is 0 Å². The molecule has 0 saturated carbocycles. The molecule has 0 aliphatic carbocycles. The number of aromatic amines is 1. The van der Waals surface area contributed by atoms with Crippen molar-refractivity contribution in [3.05, 3.63) is 89.9 Å². The second-order valence-electron chi connectivity index (χ2n) is 7.47. The van der Waals surface area contributed by atoms with Crippen LogP contribution >= 0.6 is 12.2 Å². The molecule has 0 fully saturated rings. The zero-order chi connectivity index (χ0) is 21.6. The zero-order valence-corrected chi connectivity index (χ0v) is 18.6. The first-order valence-electron chi connectivity index (χ1n) is 10.3. The van der Waals surface area contributed by atoms with E-state index in [0.717, 1.165) is 35.5 Å². The number of pyridine rings is 1. The molecule has 0 aliphatic rings. The van der Waals surface area contributed by atoms with Crippen molar-refractivity contribution in [3.8, 4) is 5.75 Å². The minimum Gasteiger partial charge on any atom is -0.497 e. The van der Waals surface area contributed by atoms with Crippen LogP contribution in [0.2, 0.25) is 0 Å². The number of methoxy groups -OCH3 is 1. The molecule has 4 aromatic rings. The van der Waals surface area contributed by atoms with Crippen LogP contribution in [-0.4, -0.2) is 33.6 Å². The summed E-state index contributed by atoms with van der Waals surface area (Å²) in [6.45, 7) is 3.59. The Hall–Kier alpha value is -3.38. The van der Waals surface area contributed by atoms with Gasteiger partial charge in [0.25, 0.3) is 0 Å². The maximum Gasteiger partial charge on any atom is 0.173 e. The molecule has 6 heteroatoms. The Morgan fingerprint density at radius 3 is 2.71 bits per heavy atom. The summed E-state index contributed by atoms with van der Waals surface area (Å²) < 4.78 is 5.43. The Labute approximate surface area is 188 Å². The van der Waals surface area contributed by atoms with Gasteiger partial charge in [0.15, 0.2) is 5.11 Å². The van der Waals surface area contributed by atoms with Gasteiger partial charge < -0.3 is 19.9 Å². The van der Waals surface area contributed by atoms with Crippen LogP contribution in [0.4, 0.5) is 5.69 Å². The molecule has 2 N–H and O–H groups in total. The number of thiocarbonyl (C=S) groups is 1. The minimum atomic E-state index is 0.692. The van der Waals surface area contributed by atoms with Crippen molar-refractivity contribution >= 4 is 33.9 Å². The number of nitrogens with one attached hydrogen (secondary N) is 2. The van der Waals surface area contributed by atoms with Crippen molar-refractivity contribution in [1.29, 1.82) is 0 Å². The van der Waals surface area contributed by atoms with Gasteiger partial charge >= 0.3 is 0 Å². The molecule has 5 nitrogen and oxygen atoms in total. The van der Waals surface area contributed by atoms with Gasteiger partial charge in [-0.25, -0.2) is 0 Å². The predicted octanol–water partition coefficient (Wildman–Crippen LogP) is 5.32. The molecule has 0 radical (unpaired) electrons. The van der Waals surface area contributed by atoms with Crippen LogP contribution in [0, 0.1) is 6.92 Å². The number of hydrogen-bond donors (Lipinski definition) is 2. The summed E-state index contributed by atoms with van der Waals surface area (Å²) in [5.74, 6) is 0.862. The van der Waals surface area contributed by atoms with E-state index >= 15 is 0 Å². The molecule has 0 bridgehead atoms. The van der Waals surface area contributed by atoms with Crippen molar-refractivity contribution in [2.24, 2.45) is 0 Å². The summed E-state index contributed by atoms with van der Waals surface area (Å²) >= 11 is 5.79. The van der Waals surface area contributed by atoms with Crippen molar-refractivity contribution in [2.75, 3.05) is 19.0 Å². The first-order chi connectivity index (χ1) is 15.1. The summed E-state index contributed by atoms with van der Waals surface area (Å²) in [4.78, 5) is 9.94. The maximum absolute atomic E-state index is 5.79. The standard InChI is InChI=1S/C25H26N4OS/c1-18-22(23-15-21(30-2)10-11-24(23)27-18)12-14-29(17-19-7-6-13-26-16-19)25(31)28-20-8-4-3-5-9-20/h3-11,13,15-16,27H,12,14,17H2,1-2H3,(H,28,31). The highest BCUT2D eigenvalue weighted by molar-refractivity contribution is 7.80. The fourth-order valence-electron chi connectivity index (χ4n) is 3.75. The van der Waals surface area contributed by atoms with Gasteiger partial charge in [-0.1, -0.05) is 24.3 Å². The van der Waals surface area contributed by atoms with E-state index in [1.807, 2.05) is 48.7 Å². The van der Waals surface area contributed by atoms with Gasteiger partial charge in [0, 0.05) is 47.8 Å². The highest BCUT2D eigenvalue weighted by Gasteiger charge is 2.15. The molecule has 0 amide bonds. The summed E-state index contributed by atoms with van der Waals surface area (Å²) in [6, 6.07) is 20.2. The van der Waals surface area contributed by atoms with E-state index < -0.39 is 0 Å². The summed E-state index contributed by atoms with van der Waals surface area (Å²) in [6.07, 6.45) is 4.53. The summed E-state index contributed by atoms with van der Waals surface area (Å²) in [5, 5.41) is 5.27. The lowest BCUT2D eigenvalue weighted by molar-refractivity contribution is 0.415. The summed E-state index contributed by atoms with van der Waals surface area (Å²) in [5.41, 5.74) is 5.69. The number of anilines is 1. The third-order valence-corrected chi connectivity index (χ3v) is 5.73. The molecule has 31 heavy (non-hydrogen) atoms. The molecule has 2 aromatic carbocycles. The number of fused-ring (bicyclic) bond motifs is 1. The smallest absolute Gasteiger partial charge is 0.173 e. The Morgan fingerprint density at radius 2 is 1.97 bits per heavy atom. The lowest BCUT2D eigenvalue weighted by Gasteiger charge is -2.26. The van der Waals surface area contributed by atoms with Crippen LogP contribution in [0.15, 0.2) is 73.1 Å². The number of hydrogen-bond acceptors (Lipinski definition) is 3. The number of rotatable bonds is 7. The lowest BCUT2D eigenvalue weighted by Crippen LogP contribution is -2.36. The van der Waals surface area contributed by atoms with Gasteiger partial charge in [0.1, 0.15) is 5.75 Å². The average molecular weight is 431 g/mol. The Bertz CT molecular complexity index is 1160. The van der Waals surface area contributed by atoms with E-state index in [-0.39, 0.29) is 0 Å². The van der Waals surface area contributed by atoms with E-state index in [0.29, 0.717) is 11.7 Å². The molecule has 0 unspecified atom stereocenters. The molecular weight excluding hydrogens is 404 g/mol. The predicted molar refractivity (Wildman–Crippen MR) is 131 cm³/mol. The number of H-pyrrole nitrogens is 1. The lowest BCUT2D eigenvalue weighted by atomic mass is 10.1. The first kappa shape index (κ1) is 20.9. The molecule has 0 saturated heterocycles. The Balaban J connectivity index is 1.56. The van der Waals surface area contributed by atoms with Crippen LogP contribution < -0.4 is 10.1 Å². The number of ether oxygens (including phenoxy) is 1. The number of benzene rings is 2. The second kappa shape index (κ2) is 9.62. The fourth-order valence-corrected chi connectivity index (χ4v) is 4.02. The number of aromatic nitrogens is 2. The van der Waals surface area contributed by atoms with Gasteiger partial charge in [0.2, 0.25) is 0 Å². The van der Waals surface area contributed by atoms with Crippen molar-refractivity contribution < 1.29 is 4.74 Å². The summed E-state index contributed by atoms with van der Waals surface area (Å²) in [7, 11) is 1.70. The molecule has 4 rings (SSSR count). The molecule has 0 aliphatic heterocycles. The minimum absolute atomic E-state index is 0.692. The molecule has 2 aromatic heterocycles. The van der Waals surface area contributed by atoms with E-state index in [1.54, 1.807) is 13.3 Å². The average Bonchev–Trinajstić information content (AvgIpc) is 3.12. The Kier molecular flexibility index (Phi) is 6.48. The van der Waals surface area contributed by atoms with Gasteiger partial charge in [-0.15, -0.1) is 0 Å². The van der Waals surface area contributed by atoms with Crippen molar-refractivity contribution in [2.45, 2.75) is 19.9 Å². The zero-order valence-electron chi connectivity index (χ0n) is 17.8. The monoisotopic (exact) mass is 430 g/mol. The molecule has 0 spiro atoms. The highest BCUT2D eigenvalue weighted by atomic mass is 32.1. The third-order valence-electron chi connectivity index (χ3n) is 5.37. The largest absolute Gasteiger partial charge is 0.497 e. The molecule has 158 valence electrons. The van der Waals surface area contributed by atoms with Gasteiger partial charge in [-0.2, -0.15) is 0 Å². The van der Waals surface area contributed by atoms with Crippen LogP contribution in [0.25, 0.3) is 10.9 Å². The molecular formula is C25H26N4OS. The third kappa shape index (κ3) is 5.03. The first-order valence-corrected chi connectivity index (χ1v) is 10.7. The van der Waals surface area contributed by atoms with Crippen LogP contribution in [-0.2, 0) is 13.0 Å². The van der Waals surface area contributed by atoms with Crippen LogP contribution in [0.5, 0.6) is 5.75 Å².